The van der Waals surface area contributed by atoms with Crippen molar-refractivity contribution in [1.29, 1.82) is 0 Å². The second-order valence-corrected chi connectivity index (χ2v) is 3.68. The standard InChI is InChI=1S/C10H15.CH3.2O.W/c1-6-7(2)9(4)10(5)8(6)3;;;;/h1-5H3;1H3;;;/q;-1;;;. The minimum absolute atomic E-state index is 0. The van der Waals surface area contributed by atoms with Gasteiger partial charge in [0.2, 0.25) is 0 Å². The first-order chi connectivity index (χ1) is 5.97. The second-order valence-electron chi connectivity index (χ2n) is 3.19. The van der Waals surface area contributed by atoms with E-state index in [2.05, 4.69) is 34.6 Å². The van der Waals surface area contributed by atoms with Gasteiger partial charge in [0.1, 0.15) is 0 Å². The van der Waals surface area contributed by atoms with E-state index in [4.69, 9.17) is 6.80 Å². The van der Waals surface area contributed by atoms with Crippen LogP contribution in [0.5, 0.6) is 0 Å². The molecular formula is C11H18O2W-. The van der Waals surface area contributed by atoms with Gasteiger partial charge in [0.25, 0.3) is 0 Å². The van der Waals surface area contributed by atoms with Crippen LogP contribution >= 0.6 is 0 Å². The Morgan fingerprint density at radius 2 is 0.929 bits per heavy atom. The molecule has 1 radical (unpaired) electrons. The van der Waals surface area contributed by atoms with Gasteiger partial charge in [-0.1, -0.05) is 18.1 Å². The van der Waals surface area contributed by atoms with Crippen molar-refractivity contribution in [2.24, 2.45) is 0 Å². The van der Waals surface area contributed by atoms with Crippen molar-refractivity contribution >= 4 is 0 Å². The van der Waals surface area contributed by atoms with E-state index in [-0.39, 0.29) is 7.43 Å². The van der Waals surface area contributed by atoms with E-state index >= 15 is 0 Å². The first-order valence-corrected chi connectivity index (χ1v) is 6.48. The fourth-order valence-electron chi connectivity index (χ4n) is 1.41. The summed E-state index contributed by atoms with van der Waals surface area (Å²) in [5.41, 5.74) is 5.87. The number of allylic oxidation sites excluding steroid dienone is 4. The molecule has 14 heavy (non-hydrogen) atoms. The monoisotopic (exact) mass is 366 g/mol. The topological polar surface area (TPSA) is 34.1 Å². The third-order valence-electron chi connectivity index (χ3n) is 2.81. The summed E-state index contributed by atoms with van der Waals surface area (Å²) in [6, 6.07) is 0. The molecule has 0 aromatic rings. The van der Waals surface area contributed by atoms with Crippen LogP contribution in [-0.2, 0) is 25.3 Å². The van der Waals surface area contributed by atoms with Crippen molar-refractivity contribution in [3.63, 3.8) is 0 Å². The third kappa shape index (κ3) is 3.49. The SMILES string of the molecule is C[C]1C(C)=C(C)C(C)=C1C.[CH3-].[O]=[W]=[O]. The van der Waals surface area contributed by atoms with E-state index in [1.54, 1.807) is 0 Å². The Kier molecular flexibility index (Phi) is 8.23. The van der Waals surface area contributed by atoms with E-state index in [1.807, 2.05) is 0 Å². The average Bonchev–Trinajstić information content (AvgIpc) is 2.25. The average molecular weight is 366 g/mol. The number of hydrogen-bond donors (Lipinski definition) is 0. The van der Waals surface area contributed by atoms with Crippen molar-refractivity contribution in [1.82, 2.24) is 0 Å². The van der Waals surface area contributed by atoms with Crippen molar-refractivity contribution < 1.29 is 25.3 Å². The van der Waals surface area contributed by atoms with E-state index in [0.29, 0.717) is 0 Å². The fraction of sp³-hybridized carbons (Fsp3) is 0.455. The van der Waals surface area contributed by atoms with Gasteiger partial charge in [-0.05, 0) is 38.8 Å². The van der Waals surface area contributed by atoms with E-state index < -0.39 is 18.5 Å². The van der Waals surface area contributed by atoms with Gasteiger partial charge in [-0.2, -0.15) is 0 Å². The summed E-state index contributed by atoms with van der Waals surface area (Å²) in [6.45, 7) is 11.0. The molecule has 3 heteroatoms. The zero-order valence-corrected chi connectivity index (χ0v) is 12.7. The summed E-state index contributed by atoms with van der Waals surface area (Å²) in [4.78, 5) is 0. The van der Waals surface area contributed by atoms with Crippen LogP contribution in [0.2, 0.25) is 0 Å². The zero-order valence-electron chi connectivity index (χ0n) is 9.72. The van der Waals surface area contributed by atoms with Crippen molar-refractivity contribution in [2.45, 2.75) is 34.6 Å². The maximum atomic E-state index is 8.54. The molecule has 0 aromatic heterocycles. The third-order valence-corrected chi connectivity index (χ3v) is 2.81. The van der Waals surface area contributed by atoms with Crippen LogP contribution in [0.15, 0.2) is 22.3 Å². The van der Waals surface area contributed by atoms with Crippen LogP contribution in [0.4, 0.5) is 0 Å². The molecule has 0 saturated heterocycles. The van der Waals surface area contributed by atoms with Gasteiger partial charge in [0.05, 0.1) is 0 Å². The molecule has 0 fully saturated rings. The Hall–Kier alpha value is -0.232. The number of hydrogen-bond acceptors (Lipinski definition) is 2. The zero-order chi connectivity index (χ0) is 10.6. The second kappa shape index (κ2) is 7.11. The molecule has 0 N–H and O–H groups in total. The molecule has 0 unspecified atom stereocenters. The summed E-state index contributed by atoms with van der Waals surface area (Å²) in [7, 11) is 0. The summed E-state index contributed by atoms with van der Waals surface area (Å²) >= 11 is -2.25. The summed E-state index contributed by atoms with van der Waals surface area (Å²) in [6.07, 6.45) is 0. The van der Waals surface area contributed by atoms with E-state index in [1.165, 1.54) is 28.2 Å². The molecule has 1 rings (SSSR count). The van der Waals surface area contributed by atoms with Gasteiger partial charge in [-0.3, -0.25) is 0 Å². The Morgan fingerprint density at radius 1 is 0.714 bits per heavy atom. The molecule has 0 amide bonds. The fourth-order valence-corrected chi connectivity index (χ4v) is 1.41. The van der Waals surface area contributed by atoms with Gasteiger partial charge in [-0.25, -0.2) is 0 Å². The first-order valence-electron chi connectivity index (χ1n) is 4.08. The summed E-state index contributed by atoms with van der Waals surface area (Å²) in [5, 5.41) is 0. The molecule has 0 atom stereocenters. The normalized spacial score (nSPS) is 16.1. The molecule has 0 heterocycles. The molecule has 1 aliphatic carbocycles. The van der Waals surface area contributed by atoms with Gasteiger partial charge >= 0.3 is 25.3 Å². The Labute approximate surface area is 95.6 Å². The maximum absolute atomic E-state index is 8.54. The molecule has 0 saturated carbocycles. The molecular weight excluding hydrogens is 348 g/mol. The minimum atomic E-state index is -2.25. The predicted molar refractivity (Wildman–Crippen MR) is 53.5 cm³/mol. The Bertz CT molecular complexity index is 270. The summed E-state index contributed by atoms with van der Waals surface area (Å²) in [5.74, 6) is 1.47. The number of rotatable bonds is 0. The van der Waals surface area contributed by atoms with Gasteiger partial charge in [-0.15, -0.1) is 0 Å². The van der Waals surface area contributed by atoms with Crippen LogP contribution in [0.3, 0.4) is 0 Å². The van der Waals surface area contributed by atoms with Gasteiger partial charge < -0.3 is 7.43 Å². The molecule has 0 spiro atoms. The van der Waals surface area contributed by atoms with Crippen LogP contribution in [0, 0.1) is 13.3 Å². The van der Waals surface area contributed by atoms with Crippen LogP contribution < -0.4 is 0 Å². The molecule has 0 bridgehead atoms. The van der Waals surface area contributed by atoms with Gasteiger partial charge in [0, 0.05) is 5.92 Å². The molecule has 0 aromatic carbocycles. The molecule has 2 nitrogen and oxygen atoms in total. The Balaban J connectivity index is 0. The molecule has 1 aliphatic rings. The molecule has 0 aliphatic heterocycles. The van der Waals surface area contributed by atoms with Gasteiger partial charge in [0.15, 0.2) is 0 Å². The van der Waals surface area contributed by atoms with Crippen LogP contribution in [-0.4, -0.2) is 0 Å². The van der Waals surface area contributed by atoms with Crippen molar-refractivity contribution in [3.05, 3.63) is 35.6 Å². The van der Waals surface area contributed by atoms with E-state index in [9.17, 15) is 0 Å². The quantitative estimate of drug-likeness (QED) is 0.616. The van der Waals surface area contributed by atoms with Crippen molar-refractivity contribution in [3.8, 4) is 0 Å². The summed E-state index contributed by atoms with van der Waals surface area (Å²) < 4.78 is 17.1. The van der Waals surface area contributed by atoms with Crippen LogP contribution in [0.1, 0.15) is 34.6 Å². The predicted octanol–water partition coefficient (Wildman–Crippen LogP) is 3.48. The van der Waals surface area contributed by atoms with E-state index in [0.717, 1.165) is 0 Å². The van der Waals surface area contributed by atoms with Crippen LogP contribution in [0.25, 0.3) is 0 Å². The van der Waals surface area contributed by atoms with Crippen molar-refractivity contribution in [2.75, 3.05) is 0 Å². The molecule has 81 valence electrons. The first kappa shape index (κ1) is 16.2. The Morgan fingerprint density at radius 3 is 1.00 bits per heavy atom.